The molecule has 1 aliphatic carbocycles. The highest BCUT2D eigenvalue weighted by Crippen LogP contribution is 2.23. The Kier molecular flexibility index (Phi) is 3.89. The summed E-state index contributed by atoms with van der Waals surface area (Å²) in [4.78, 5) is 0. The Balaban J connectivity index is 2.17. The van der Waals surface area contributed by atoms with Gasteiger partial charge in [0.25, 0.3) is 10.1 Å². The molecule has 1 N–H and O–H groups in total. The smallest absolute Gasteiger partial charge is 0.264 e. The summed E-state index contributed by atoms with van der Waals surface area (Å²) in [6, 6.07) is 0. The average molecular weight is 216 g/mol. The van der Waals surface area contributed by atoms with Crippen LogP contribution in [0.4, 0.5) is 0 Å². The van der Waals surface area contributed by atoms with Gasteiger partial charge in [0.1, 0.15) is 0 Å². The summed E-state index contributed by atoms with van der Waals surface area (Å²) in [6.45, 7) is 2.12. The van der Waals surface area contributed by atoms with Gasteiger partial charge in [-0.3, -0.25) is 4.55 Å². The molecule has 0 spiro atoms. The van der Waals surface area contributed by atoms with Crippen LogP contribution in [-0.4, -0.2) is 18.7 Å². The van der Waals surface area contributed by atoms with Crippen LogP contribution in [0.2, 0.25) is 0 Å². The number of unbranched alkanes of at least 4 members (excludes halogenated alkanes) is 1. The van der Waals surface area contributed by atoms with Crippen LogP contribution < -0.4 is 0 Å². The molecule has 0 aliphatic heterocycles. The van der Waals surface area contributed by atoms with E-state index < -0.39 is 10.1 Å². The summed E-state index contributed by atoms with van der Waals surface area (Å²) >= 11 is 0. The van der Waals surface area contributed by atoms with E-state index in [4.69, 9.17) is 4.55 Å². The van der Waals surface area contributed by atoms with Crippen molar-refractivity contribution in [1.29, 1.82) is 0 Å². The molecule has 4 heteroatoms. The lowest BCUT2D eigenvalue weighted by Crippen LogP contribution is -2.03. The van der Waals surface area contributed by atoms with Crippen LogP contribution in [0, 0.1) is 5.92 Å². The first-order valence-electron chi connectivity index (χ1n) is 4.81. The number of hydrogen-bond donors (Lipinski definition) is 1. The van der Waals surface area contributed by atoms with Crippen LogP contribution in [0.3, 0.4) is 0 Å². The van der Waals surface area contributed by atoms with E-state index in [1.54, 1.807) is 0 Å². The standard InChI is InChI=1S/C10H16O3S/c1-9-5-4-7-10(9)6-2-3-8-14(11,12)13/h4-5,7,9H,2-3,6,8H2,1H3,(H,11,12,13). The molecule has 1 aliphatic rings. The quantitative estimate of drug-likeness (QED) is 0.566. The van der Waals surface area contributed by atoms with Crippen molar-refractivity contribution in [1.82, 2.24) is 0 Å². The first-order valence-corrected chi connectivity index (χ1v) is 6.42. The maximum atomic E-state index is 10.4. The van der Waals surface area contributed by atoms with Gasteiger partial charge in [0, 0.05) is 0 Å². The normalized spacial score (nSPS) is 21.3. The second kappa shape index (κ2) is 4.75. The SMILES string of the molecule is CC1C=CC=C1CCCCS(=O)(=O)O. The van der Waals surface area contributed by atoms with E-state index in [0.29, 0.717) is 12.3 Å². The summed E-state index contributed by atoms with van der Waals surface area (Å²) in [5, 5.41) is 0. The van der Waals surface area contributed by atoms with Crippen LogP contribution in [0.25, 0.3) is 0 Å². The number of rotatable bonds is 5. The summed E-state index contributed by atoms with van der Waals surface area (Å²) in [5.41, 5.74) is 1.35. The Bertz CT molecular complexity index is 338. The average Bonchev–Trinajstić information content (AvgIpc) is 2.44. The molecule has 1 unspecified atom stereocenters. The molecule has 3 nitrogen and oxygen atoms in total. The van der Waals surface area contributed by atoms with Gasteiger partial charge < -0.3 is 0 Å². The van der Waals surface area contributed by atoms with E-state index in [-0.39, 0.29) is 5.75 Å². The molecule has 0 aromatic rings. The van der Waals surface area contributed by atoms with Crippen molar-refractivity contribution in [2.75, 3.05) is 5.75 Å². The Hall–Kier alpha value is -0.610. The Labute approximate surface area is 85.3 Å². The Morgan fingerprint density at radius 1 is 1.43 bits per heavy atom. The minimum Gasteiger partial charge on any atom is -0.286 e. The molecule has 1 atom stereocenters. The van der Waals surface area contributed by atoms with Crippen LogP contribution in [0.5, 0.6) is 0 Å². The van der Waals surface area contributed by atoms with Gasteiger partial charge in [0.05, 0.1) is 5.75 Å². The zero-order chi connectivity index (χ0) is 10.6. The molecule has 14 heavy (non-hydrogen) atoms. The molecule has 0 aromatic heterocycles. The fraction of sp³-hybridized carbons (Fsp3) is 0.600. The van der Waals surface area contributed by atoms with Gasteiger partial charge in [-0.2, -0.15) is 8.42 Å². The van der Waals surface area contributed by atoms with Crippen molar-refractivity contribution < 1.29 is 13.0 Å². The lowest BCUT2D eigenvalue weighted by Gasteiger charge is -2.07. The zero-order valence-electron chi connectivity index (χ0n) is 8.31. The molecule has 0 bridgehead atoms. The highest BCUT2D eigenvalue weighted by atomic mass is 32.2. The highest BCUT2D eigenvalue weighted by molar-refractivity contribution is 7.85. The first-order chi connectivity index (χ1) is 6.49. The molecule has 1 rings (SSSR count). The topological polar surface area (TPSA) is 54.4 Å². The largest absolute Gasteiger partial charge is 0.286 e. The maximum Gasteiger partial charge on any atom is 0.264 e. The van der Waals surface area contributed by atoms with Crippen molar-refractivity contribution >= 4 is 10.1 Å². The second-order valence-corrected chi connectivity index (χ2v) is 5.23. The third kappa shape index (κ3) is 4.07. The summed E-state index contributed by atoms with van der Waals surface area (Å²) < 4.78 is 29.3. The second-order valence-electron chi connectivity index (χ2n) is 3.66. The summed E-state index contributed by atoms with van der Waals surface area (Å²) in [6.07, 6.45) is 8.50. The molecule has 0 radical (unpaired) electrons. The van der Waals surface area contributed by atoms with Gasteiger partial charge in [-0.25, -0.2) is 0 Å². The van der Waals surface area contributed by atoms with Crippen molar-refractivity contribution in [3.63, 3.8) is 0 Å². The molecule has 80 valence electrons. The molecule has 0 heterocycles. The minimum absolute atomic E-state index is 0.123. The van der Waals surface area contributed by atoms with Gasteiger partial charge >= 0.3 is 0 Å². The maximum absolute atomic E-state index is 10.4. The Morgan fingerprint density at radius 3 is 2.64 bits per heavy atom. The molecule has 0 amide bonds. The van der Waals surface area contributed by atoms with Crippen molar-refractivity contribution in [3.8, 4) is 0 Å². The van der Waals surface area contributed by atoms with E-state index in [2.05, 4.69) is 19.1 Å². The molecule has 0 saturated carbocycles. The van der Waals surface area contributed by atoms with Crippen molar-refractivity contribution in [2.45, 2.75) is 26.2 Å². The first kappa shape index (κ1) is 11.5. The predicted octanol–water partition coefficient (Wildman–Crippen LogP) is 2.18. The van der Waals surface area contributed by atoms with Gasteiger partial charge in [-0.05, 0) is 25.2 Å². The molecule has 0 saturated heterocycles. The van der Waals surface area contributed by atoms with Crippen molar-refractivity contribution in [2.24, 2.45) is 5.92 Å². The fourth-order valence-corrected chi connectivity index (χ4v) is 2.11. The molecular weight excluding hydrogens is 200 g/mol. The van der Waals surface area contributed by atoms with Gasteiger partial charge in [-0.15, -0.1) is 0 Å². The lowest BCUT2D eigenvalue weighted by molar-refractivity contribution is 0.480. The van der Waals surface area contributed by atoms with E-state index >= 15 is 0 Å². The van der Waals surface area contributed by atoms with Crippen molar-refractivity contribution in [3.05, 3.63) is 23.8 Å². The Morgan fingerprint density at radius 2 is 2.14 bits per heavy atom. The van der Waals surface area contributed by atoms with E-state index in [0.717, 1.165) is 12.8 Å². The monoisotopic (exact) mass is 216 g/mol. The number of allylic oxidation sites excluding steroid dienone is 4. The number of hydrogen-bond acceptors (Lipinski definition) is 2. The lowest BCUT2D eigenvalue weighted by atomic mass is 10.00. The van der Waals surface area contributed by atoms with Crippen LogP contribution in [0.15, 0.2) is 23.8 Å². The fourth-order valence-electron chi connectivity index (χ4n) is 1.55. The summed E-state index contributed by atoms with van der Waals surface area (Å²) in [7, 11) is -3.77. The van der Waals surface area contributed by atoms with E-state index in [1.807, 2.05) is 6.08 Å². The van der Waals surface area contributed by atoms with Crippen LogP contribution in [0.1, 0.15) is 26.2 Å². The van der Waals surface area contributed by atoms with Crippen LogP contribution >= 0.6 is 0 Å². The van der Waals surface area contributed by atoms with Crippen LogP contribution in [-0.2, 0) is 10.1 Å². The highest BCUT2D eigenvalue weighted by Gasteiger charge is 2.09. The zero-order valence-corrected chi connectivity index (χ0v) is 9.13. The van der Waals surface area contributed by atoms with Gasteiger partial charge in [0.2, 0.25) is 0 Å². The molecule has 0 fully saturated rings. The molecular formula is C10H16O3S. The van der Waals surface area contributed by atoms with E-state index in [1.165, 1.54) is 5.57 Å². The third-order valence-corrected chi connectivity index (χ3v) is 3.22. The van der Waals surface area contributed by atoms with Gasteiger partial charge in [0.15, 0.2) is 0 Å². The van der Waals surface area contributed by atoms with Gasteiger partial charge in [-0.1, -0.05) is 30.7 Å². The van der Waals surface area contributed by atoms with E-state index in [9.17, 15) is 8.42 Å². The predicted molar refractivity (Wildman–Crippen MR) is 56.7 cm³/mol. The minimum atomic E-state index is -3.77. The molecule has 0 aromatic carbocycles. The third-order valence-electron chi connectivity index (χ3n) is 2.41. The summed E-state index contributed by atoms with van der Waals surface area (Å²) in [5.74, 6) is 0.364.